The maximum atomic E-state index is 12.5. The van der Waals surface area contributed by atoms with Crippen LogP contribution in [0.15, 0.2) is 40.2 Å². The first-order valence-corrected chi connectivity index (χ1v) is 7.91. The number of anilines is 1. The number of nitrogens with one attached hydrogen (secondary N) is 1. The average Bonchev–Trinajstić information content (AvgIpc) is 2.90. The number of ether oxygens (including phenoxy) is 1. The zero-order chi connectivity index (χ0) is 15.5. The first-order valence-electron chi connectivity index (χ1n) is 6.24. The van der Waals surface area contributed by atoms with Crippen molar-refractivity contribution >= 4 is 33.0 Å². The van der Waals surface area contributed by atoms with Gasteiger partial charge in [0, 0.05) is 9.35 Å². The molecule has 0 saturated carbocycles. The van der Waals surface area contributed by atoms with Crippen LogP contribution >= 0.6 is 27.3 Å². The summed E-state index contributed by atoms with van der Waals surface area (Å²) in [6.07, 6.45) is -3.97. The van der Waals surface area contributed by atoms with Crippen molar-refractivity contribution in [3.05, 3.63) is 45.1 Å². The Morgan fingerprint density at radius 2 is 2.10 bits per heavy atom. The molecule has 2 nitrogen and oxygen atoms in total. The zero-order valence-corrected chi connectivity index (χ0v) is 13.5. The Balaban J connectivity index is 2.26. The van der Waals surface area contributed by atoms with Crippen LogP contribution in [-0.4, -0.2) is 6.36 Å². The minimum atomic E-state index is -4.72. The standard InChI is InChI=1S/C14H13BrF3NOS/c1-2-10(13-4-3-7-21-13)19-11-6-5-9(15)8-12(11)20-14(16,17)18/h3-8,10,19H,2H2,1H3. The number of thiophene rings is 1. The summed E-state index contributed by atoms with van der Waals surface area (Å²) in [5, 5.41) is 5.05. The lowest BCUT2D eigenvalue weighted by Crippen LogP contribution is -2.19. The van der Waals surface area contributed by atoms with Crippen molar-refractivity contribution in [2.75, 3.05) is 5.32 Å². The van der Waals surface area contributed by atoms with Crippen molar-refractivity contribution in [3.8, 4) is 5.75 Å². The summed E-state index contributed by atoms with van der Waals surface area (Å²) in [4.78, 5) is 1.07. The number of halogens is 4. The average molecular weight is 380 g/mol. The van der Waals surface area contributed by atoms with Crippen LogP contribution < -0.4 is 10.1 Å². The number of benzene rings is 1. The Morgan fingerprint density at radius 1 is 1.33 bits per heavy atom. The van der Waals surface area contributed by atoms with Gasteiger partial charge in [0.15, 0.2) is 5.75 Å². The van der Waals surface area contributed by atoms with Crippen molar-refractivity contribution in [1.82, 2.24) is 0 Å². The molecule has 0 aliphatic rings. The van der Waals surface area contributed by atoms with E-state index in [1.807, 2.05) is 24.4 Å². The molecule has 0 spiro atoms. The third kappa shape index (κ3) is 4.64. The van der Waals surface area contributed by atoms with Crippen molar-refractivity contribution in [2.24, 2.45) is 0 Å². The third-order valence-corrected chi connectivity index (χ3v) is 4.27. The predicted molar refractivity (Wildman–Crippen MR) is 81.8 cm³/mol. The SMILES string of the molecule is CCC(Nc1ccc(Br)cc1OC(F)(F)F)c1cccs1. The molecule has 114 valence electrons. The molecule has 0 aliphatic carbocycles. The van der Waals surface area contributed by atoms with Gasteiger partial charge < -0.3 is 10.1 Å². The molecule has 1 heterocycles. The fraction of sp³-hybridized carbons (Fsp3) is 0.286. The Bertz CT molecular complexity index is 586. The molecule has 7 heteroatoms. The van der Waals surface area contributed by atoms with Crippen LogP contribution in [0.1, 0.15) is 24.3 Å². The summed E-state index contributed by atoms with van der Waals surface area (Å²) in [7, 11) is 0. The maximum absolute atomic E-state index is 12.5. The van der Waals surface area contributed by atoms with E-state index in [9.17, 15) is 13.2 Å². The monoisotopic (exact) mass is 379 g/mol. The minimum absolute atomic E-state index is 0.0539. The number of rotatable bonds is 5. The highest BCUT2D eigenvalue weighted by Gasteiger charge is 2.32. The molecule has 2 rings (SSSR count). The van der Waals surface area contributed by atoms with Gasteiger partial charge in [-0.25, -0.2) is 0 Å². The molecule has 1 atom stereocenters. The Kier molecular flexibility index (Phi) is 5.16. The van der Waals surface area contributed by atoms with Crippen LogP contribution in [-0.2, 0) is 0 Å². The predicted octanol–water partition coefficient (Wildman–Crippen LogP) is 5.97. The molecule has 1 aromatic heterocycles. The van der Waals surface area contributed by atoms with Crippen LogP contribution in [0.4, 0.5) is 18.9 Å². The summed E-state index contributed by atoms with van der Waals surface area (Å²) in [6.45, 7) is 1.97. The quantitative estimate of drug-likeness (QED) is 0.690. The third-order valence-electron chi connectivity index (χ3n) is 2.79. The van der Waals surface area contributed by atoms with E-state index in [1.165, 1.54) is 6.07 Å². The molecule has 0 saturated heterocycles. The van der Waals surface area contributed by atoms with Gasteiger partial charge in [0.05, 0.1) is 11.7 Å². The van der Waals surface area contributed by atoms with Gasteiger partial charge in [0.1, 0.15) is 0 Å². The second-order valence-corrected chi connectivity index (χ2v) is 6.20. The number of alkyl halides is 3. The van der Waals surface area contributed by atoms with Gasteiger partial charge in [-0.3, -0.25) is 0 Å². The second kappa shape index (κ2) is 6.70. The Hall–Kier alpha value is -1.21. The fourth-order valence-electron chi connectivity index (χ4n) is 1.88. The van der Waals surface area contributed by atoms with Gasteiger partial charge in [0.2, 0.25) is 0 Å². The van der Waals surface area contributed by atoms with E-state index in [2.05, 4.69) is 26.0 Å². The number of hydrogen-bond acceptors (Lipinski definition) is 3. The van der Waals surface area contributed by atoms with Gasteiger partial charge in [-0.15, -0.1) is 24.5 Å². The molecule has 2 aromatic rings. The maximum Gasteiger partial charge on any atom is 0.573 e. The van der Waals surface area contributed by atoms with Crippen molar-refractivity contribution < 1.29 is 17.9 Å². The van der Waals surface area contributed by atoms with Gasteiger partial charge in [-0.05, 0) is 36.1 Å². The van der Waals surface area contributed by atoms with E-state index in [4.69, 9.17) is 0 Å². The van der Waals surface area contributed by atoms with Gasteiger partial charge in [0.25, 0.3) is 0 Å². The van der Waals surface area contributed by atoms with E-state index >= 15 is 0 Å². The molecule has 0 radical (unpaired) electrons. The fourth-order valence-corrected chi connectivity index (χ4v) is 3.08. The lowest BCUT2D eigenvalue weighted by Gasteiger charge is -2.20. The molecule has 1 unspecified atom stereocenters. The molecular formula is C14H13BrF3NOS. The highest BCUT2D eigenvalue weighted by molar-refractivity contribution is 9.10. The van der Waals surface area contributed by atoms with E-state index in [0.29, 0.717) is 10.2 Å². The van der Waals surface area contributed by atoms with E-state index < -0.39 is 6.36 Å². The minimum Gasteiger partial charge on any atom is -0.404 e. The molecule has 0 bridgehead atoms. The summed E-state index contributed by atoms with van der Waals surface area (Å²) < 4.78 is 42.1. The Morgan fingerprint density at radius 3 is 2.67 bits per heavy atom. The van der Waals surface area contributed by atoms with Gasteiger partial charge in [-0.2, -0.15) is 0 Å². The molecule has 1 aromatic carbocycles. The summed E-state index contributed by atoms with van der Waals surface area (Å²) >= 11 is 4.72. The van der Waals surface area contributed by atoms with Crippen molar-refractivity contribution in [1.29, 1.82) is 0 Å². The van der Waals surface area contributed by atoms with E-state index in [-0.39, 0.29) is 11.8 Å². The lowest BCUT2D eigenvalue weighted by molar-refractivity contribution is -0.274. The first-order chi connectivity index (χ1) is 9.89. The van der Waals surface area contributed by atoms with Crippen LogP contribution in [0.5, 0.6) is 5.75 Å². The van der Waals surface area contributed by atoms with Crippen molar-refractivity contribution in [3.63, 3.8) is 0 Å². The van der Waals surface area contributed by atoms with E-state index in [1.54, 1.807) is 23.5 Å². The topological polar surface area (TPSA) is 21.3 Å². The molecule has 0 aliphatic heterocycles. The van der Waals surface area contributed by atoms with Crippen LogP contribution in [0, 0.1) is 0 Å². The molecule has 0 amide bonds. The molecular weight excluding hydrogens is 367 g/mol. The largest absolute Gasteiger partial charge is 0.573 e. The summed E-state index contributed by atoms with van der Waals surface area (Å²) in [5.74, 6) is -0.244. The van der Waals surface area contributed by atoms with Crippen molar-refractivity contribution in [2.45, 2.75) is 25.7 Å². The van der Waals surface area contributed by atoms with Gasteiger partial charge >= 0.3 is 6.36 Å². The number of hydrogen-bond donors (Lipinski definition) is 1. The molecule has 0 fully saturated rings. The zero-order valence-electron chi connectivity index (χ0n) is 11.1. The summed E-state index contributed by atoms with van der Waals surface area (Å²) in [5.41, 5.74) is 0.316. The van der Waals surface area contributed by atoms with E-state index in [0.717, 1.165) is 11.3 Å². The Labute approximate surface area is 133 Å². The first kappa shape index (κ1) is 16.2. The molecule has 21 heavy (non-hydrogen) atoms. The molecule has 1 N–H and O–H groups in total. The lowest BCUT2D eigenvalue weighted by atomic mass is 10.1. The highest BCUT2D eigenvalue weighted by Crippen LogP contribution is 2.36. The normalized spacial score (nSPS) is 13.0. The summed E-state index contributed by atoms with van der Waals surface area (Å²) in [6, 6.07) is 8.36. The smallest absolute Gasteiger partial charge is 0.404 e. The highest BCUT2D eigenvalue weighted by atomic mass is 79.9. The second-order valence-electron chi connectivity index (χ2n) is 4.31. The van der Waals surface area contributed by atoms with Crippen LogP contribution in [0.3, 0.4) is 0 Å². The van der Waals surface area contributed by atoms with Crippen LogP contribution in [0.2, 0.25) is 0 Å². The van der Waals surface area contributed by atoms with Gasteiger partial charge in [-0.1, -0.05) is 28.9 Å². The van der Waals surface area contributed by atoms with Crippen LogP contribution in [0.25, 0.3) is 0 Å².